The third kappa shape index (κ3) is 4.59. The lowest BCUT2D eigenvalue weighted by molar-refractivity contribution is 0.297. The molecule has 0 spiro atoms. The van der Waals surface area contributed by atoms with Crippen LogP contribution < -0.4 is 10.6 Å². The van der Waals surface area contributed by atoms with Gasteiger partial charge in [-0.05, 0) is 44.4 Å². The molecule has 0 aromatic heterocycles. The molecule has 0 bridgehead atoms. The molecule has 2 N–H and O–H groups in total. The maximum Gasteiger partial charge on any atom is 0.191 e. The molecule has 2 aliphatic carbocycles. The summed E-state index contributed by atoms with van der Waals surface area (Å²) < 4.78 is 0. The van der Waals surface area contributed by atoms with Gasteiger partial charge in [0.1, 0.15) is 0 Å². The van der Waals surface area contributed by atoms with E-state index in [0.717, 1.165) is 19.0 Å². The van der Waals surface area contributed by atoms with Crippen LogP contribution in [0.4, 0.5) is 0 Å². The SMILES string of the molecule is CCNC(=NCC1(CC)CCCC1)NC1CC1.I. The molecule has 2 saturated carbocycles. The second-order valence-electron chi connectivity index (χ2n) is 5.67. The minimum atomic E-state index is 0. The summed E-state index contributed by atoms with van der Waals surface area (Å²) in [6.45, 7) is 6.42. The predicted octanol–water partition coefficient (Wildman–Crippen LogP) is 3.29. The van der Waals surface area contributed by atoms with Crippen LogP contribution in [0, 0.1) is 5.41 Å². The van der Waals surface area contributed by atoms with Crippen LogP contribution in [0.1, 0.15) is 58.8 Å². The van der Waals surface area contributed by atoms with E-state index in [1.807, 2.05) is 0 Å². The van der Waals surface area contributed by atoms with E-state index in [0.29, 0.717) is 11.5 Å². The molecule has 2 rings (SSSR count). The van der Waals surface area contributed by atoms with Crippen molar-refractivity contribution in [3.63, 3.8) is 0 Å². The number of nitrogens with one attached hydrogen (secondary N) is 2. The maximum atomic E-state index is 4.81. The highest BCUT2D eigenvalue weighted by atomic mass is 127. The zero-order valence-corrected chi connectivity index (χ0v) is 14.1. The predicted molar refractivity (Wildman–Crippen MR) is 88.7 cm³/mol. The van der Waals surface area contributed by atoms with Gasteiger partial charge in [0, 0.05) is 19.1 Å². The molecular weight excluding hydrogens is 337 g/mol. The van der Waals surface area contributed by atoms with E-state index in [-0.39, 0.29) is 24.0 Å². The summed E-state index contributed by atoms with van der Waals surface area (Å²) in [4.78, 5) is 4.81. The largest absolute Gasteiger partial charge is 0.357 e. The van der Waals surface area contributed by atoms with Crippen molar-refractivity contribution in [2.24, 2.45) is 10.4 Å². The first-order valence-electron chi connectivity index (χ1n) is 7.33. The molecule has 4 heteroatoms. The molecule has 3 nitrogen and oxygen atoms in total. The molecule has 0 saturated heterocycles. The van der Waals surface area contributed by atoms with E-state index in [4.69, 9.17) is 4.99 Å². The van der Waals surface area contributed by atoms with Gasteiger partial charge in [0.05, 0.1) is 0 Å². The van der Waals surface area contributed by atoms with Crippen LogP contribution >= 0.6 is 24.0 Å². The Kier molecular flexibility index (Phi) is 6.74. The standard InChI is InChI=1S/C14H27N3.HI/c1-3-14(9-5-6-10-14)11-16-13(15-4-2)17-12-7-8-12;/h12H,3-11H2,1-2H3,(H2,15,16,17);1H. The molecule has 2 aliphatic rings. The Morgan fingerprint density at radius 3 is 2.39 bits per heavy atom. The van der Waals surface area contributed by atoms with E-state index >= 15 is 0 Å². The average molecular weight is 365 g/mol. The quantitative estimate of drug-likeness (QED) is 0.446. The summed E-state index contributed by atoms with van der Waals surface area (Å²) in [5, 5.41) is 6.85. The van der Waals surface area contributed by atoms with Crippen molar-refractivity contribution in [1.82, 2.24) is 10.6 Å². The summed E-state index contributed by atoms with van der Waals surface area (Å²) in [7, 11) is 0. The molecule has 0 aromatic rings. The Hall–Kier alpha value is 0. The number of hydrogen-bond acceptors (Lipinski definition) is 1. The number of halogens is 1. The Bertz CT molecular complexity index is 268. The second-order valence-corrected chi connectivity index (χ2v) is 5.67. The highest BCUT2D eigenvalue weighted by Gasteiger charge is 2.32. The van der Waals surface area contributed by atoms with Crippen molar-refractivity contribution in [2.45, 2.75) is 64.8 Å². The van der Waals surface area contributed by atoms with Gasteiger partial charge < -0.3 is 10.6 Å². The maximum absolute atomic E-state index is 4.81. The molecule has 2 fully saturated rings. The van der Waals surface area contributed by atoms with Crippen LogP contribution in [-0.2, 0) is 0 Å². The summed E-state index contributed by atoms with van der Waals surface area (Å²) in [5.74, 6) is 1.04. The van der Waals surface area contributed by atoms with Crippen molar-refractivity contribution in [1.29, 1.82) is 0 Å². The average Bonchev–Trinajstić information content (AvgIpc) is 3.03. The molecule has 0 aliphatic heterocycles. The molecule has 0 aromatic carbocycles. The Balaban J connectivity index is 0.00000162. The third-order valence-electron chi connectivity index (χ3n) is 4.25. The van der Waals surface area contributed by atoms with Gasteiger partial charge in [-0.2, -0.15) is 0 Å². The first-order chi connectivity index (χ1) is 8.28. The molecule has 18 heavy (non-hydrogen) atoms. The lowest BCUT2D eigenvalue weighted by atomic mass is 9.84. The lowest BCUT2D eigenvalue weighted by Gasteiger charge is -2.25. The van der Waals surface area contributed by atoms with E-state index in [9.17, 15) is 0 Å². The third-order valence-corrected chi connectivity index (χ3v) is 4.25. The van der Waals surface area contributed by atoms with Crippen LogP contribution in [0.3, 0.4) is 0 Å². The molecule has 106 valence electrons. The van der Waals surface area contributed by atoms with Crippen LogP contribution in [-0.4, -0.2) is 25.1 Å². The molecule has 0 atom stereocenters. The summed E-state index contributed by atoms with van der Waals surface area (Å²) >= 11 is 0. The molecule has 0 radical (unpaired) electrons. The number of hydrogen-bond donors (Lipinski definition) is 2. The number of aliphatic imine (C=N–C) groups is 1. The van der Waals surface area contributed by atoms with Crippen molar-refractivity contribution in [3.8, 4) is 0 Å². The summed E-state index contributed by atoms with van der Waals surface area (Å²) in [6.07, 6.45) is 9.43. The number of nitrogens with zero attached hydrogens (tertiary/aromatic N) is 1. The van der Waals surface area contributed by atoms with Gasteiger partial charge in [-0.1, -0.05) is 19.8 Å². The van der Waals surface area contributed by atoms with Gasteiger partial charge >= 0.3 is 0 Å². The number of rotatable bonds is 5. The van der Waals surface area contributed by atoms with E-state index in [1.165, 1.54) is 44.9 Å². The normalized spacial score (nSPS) is 22.4. The smallest absolute Gasteiger partial charge is 0.191 e. The summed E-state index contributed by atoms with van der Waals surface area (Å²) in [5.41, 5.74) is 0.506. The molecule has 0 heterocycles. The minimum absolute atomic E-state index is 0. The Morgan fingerprint density at radius 1 is 1.22 bits per heavy atom. The molecule has 0 unspecified atom stereocenters. The van der Waals surface area contributed by atoms with Gasteiger partial charge in [0.25, 0.3) is 0 Å². The van der Waals surface area contributed by atoms with E-state index in [2.05, 4.69) is 24.5 Å². The number of guanidine groups is 1. The first kappa shape index (κ1) is 16.1. The Morgan fingerprint density at radius 2 is 1.89 bits per heavy atom. The van der Waals surface area contributed by atoms with Crippen molar-refractivity contribution in [3.05, 3.63) is 0 Å². The molecule has 0 amide bonds. The zero-order chi connectivity index (χ0) is 12.1. The van der Waals surface area contributed by atoms with Gasteiger partial charge in [-0.15, -0.1) is 24.0 Å². The van der Waals surface area contributed by atoms with Crippen LogP contribution in [0.15, 0.2) is 4.99 Å². The fourth-order valence-electron chi connectivity index (χ4n) is 2.74. The van der Waals surface area contributed by atoms with Crippen molar-refractivity contribution in [2.75, 3.05) is 13.1 Å². The van der Waals surface area contributed by atoms with Crippen LogP contribution in [0.5, 0.6) is 0 Å². The second kappa shape index (κ2) is 7.56. The van der Waals surface area contributed by atoms with Crippen molar-refractivity contribution < 1.29 is 0 Å². The fraction of sp³-hybridized carbons (Fsp3) is 0.929. The molecular formula is C14H28IN3. The topological polar surface area (TPSA) is 36.4 Å². The van der Waals surface area contributed by atoms with Gasteiger partial charge in [0.15, 0.2) is 5.96 Å². The monoisotopic (exact) mass is 365 g/mol. The minimum Gasteiger partial charge on any atom is -0.357 e. The first-order valence-corrected chi connectivity index (χ1v) is 7.33. The summed E-state index contributed by atoms with van der Waals surface area (Å²) in [6, 6.07) is 0.689. The van der Waals surface area contributed by atoms with Gasteiger partial charge in [-0.3, -0.25) is 4.99 Å². The van der Waals surface area contributed by atoms with Gasteiger partial charge in [-0.25, -0.2) is 0 Å². The fourth-order valence-corrected chi connectivity index (χ4v) is 2.74. The zero-order valence-electron chi connectivity index (χ0n) is 11.8. The van der Waals surface area contributed by atoms with E-state index in [1.54, 1.807) is 0 Å². The van der Waals surface area contributed by atoms with Crippen molar-refractivity contribution >= 4 is 29.9 Å². The lowest BCUT2D eigenvalue weighted by Crippen LogP contribution is -2.39. The van der Waals surface area contributed by atoms with Gasteiger partial charge in [0.2, 0.25) is 0 Å². The highest BCUT2D eigenvalue weighted by Crippen LogP contribution is 2.41. The highest BCUT2D eigenvalue weighted by molar-refractivity contribution is 14.0. The van der Waals surface area contributed by atoms with Crippen LogP contribution in [0.25, 0.3) is 0 Å². The van der Waals surface area contributed by atoms with E-state index < -0.39 is 0 Å². The Labute approximate surface area is 129 Å². The van der Waals surface area contributed by atoms with Crippen LogP contribution in [0.2, 0.25) is 0 Å².